The van der Waals surface area contributed by atoms with Crippen molar-refractivity contribution in [1.29, 1.82) is 0 Å². The second kappa shape index (κ2) is 8.12. The maximum atomic E-state index is 5.09. The summed E-state index contributed by atoms with van der Waals surface area (Å²) in [6.45, 7) is 2.15. The van der Waals surface area contributed by atoms with Gasteiger partial charge < -0.3 is 10.1 Å². The monoisotopic (exact) mass is 213 g/mol. The third kappa shape index (κ3) is 4.98. The summed E-state index contributed by atoms with van der Waals surface area (Å²) in [5.74, 6) is 1.91. The highest BCUT2D eigenvalue weighted by molar-refractivity contribution is 4.76. The first kappa shape index (κ1) is 13.0. The predicted octanol–water partition coefficient (Wildman–Crippen LogP) is 2.83. The normalized spacial score (nSPS) is 26.8. The minimum absolute atomic E-state index is 0.934. The summed E-state index contributed by atoms with van der Waals surface area (Å²) >= 11 is 0. The quantitative estimate of drug-likeness (QED) is 0.657. The highest BCUT2D eigenvalue weighted by atomic mass is 16.5. The van der Waals surface area contributed by atoms with Gasteiger partial charge in [0.05, 0.1) is 0 Å². The molecule has 0 radical (unpaired) electrons. The van der Waals surface area contributed by atoms with Crippen molar-refractivity contribution >= 4 is 0 Å². The number of hydrogen-bond acceptors (Lipinski definition) is 2. The van der Waals surface area contributed by atoms with Crippen LogP contribution in [0.4, 0.5) is 0 Å². The fourth-order valence-electron chi connectivity index (χ4n) is 2.85. The highest BCUT2D eigenvalue weighted by Crippen LogP contribution is 2.33. The Bertz CT molecular complexity index is 147. The van der Waals surface area contributed by atoms with Crippen molar-refractivity contribution in [2.45, 2.75) is 44.9 Å². The molecule has 90 valence electrons. The van der Waals surface area contributed by atoms with Gasteiger partial charge in [0.15, 0.2) is 0 Å². The van der Waals surface area contributed by atoms with Crippen molar-refractivity contribution in [3.05, 3.63) is 0 Å². The molecule has 1 N–H and O–H groups in total. The largest absolute Gasteiger partial charge is 0.385 e. The SMILES string of the molecule is CNCC1CCCCC1CCCCOC. The van der Waals surface area contributed by atoms with Crippen LogP contribution < -0.4 is 5.32 Å². The molecule has 0 aromatic rings. The van der Waals surface area contributed by atoms with E-state index in [9.17, 15) is 0 Å². The molecular formula is C13H27NO. The van der Waals surface area contributed by atoms with Gasteiger partial charge in [0, 0.05) is 13.7 Å². The topological polar surface area (TPSA) is 21.3 Å². The molecular weight excluding hydrogens is 186 g/mol. The maximum absolute atomic E-state index is 5.09. The Hall–Kier alpha value is -0.0800. The van der Waals surface area contributed by atoms with Crippen LogP contribution in [-0.4, -0.2) is 27.3 Å². The lowest BCUT2D eigenvalue weighted by atomic mass is 9.76. The molecule has 0 heterocycles. The average molecular weight is 213 g/mol. The molecule has 0 spiro atoms. The standard InChI is InChI=1S/C13H27NO/c1-14-11-13-9-4-3-7-12(13)8-5-6-10-15-2/h12-14H,3-11H2,1-2H3. The molecule has 15 heavy (non-hydrogen) atoms. The maximum Gasteiger partial charge on any atom is 0.0462 e. The van der Waals surface area contributed by atoms with E-state index < -0.39 is 0 Å². The van der Waals surface area contributed by atoms with Crippen LogP contribution in [0, 0.1) is 11.8 Å². The van der Waals surface area contributed by atoms with Crippen molar-refractivity contribution in [1.82, 2.24) is 5.32 Å². The Morgan fingerprint density at radius 3 is 2.53 bits per heavy atom. The third-order valence-electron chi connectivity index (χ3n) is 3.71. The zero-order valence-corrected chi connectivity index (χ0v) is 10.4. The van der Waals surface area contributed by atoms with Gasteiger partial charge in [0.1, 0.15) is 0 Å². The Balaban J connectivity index is 2.17. The van der Waals surface area contributed by atoms with E-state index in [1.54, 1.807) is 7.11 Å². The van der Waals surface area contributed by atoms with Gasteiger partial charge >= 0.3 is 0 Å². The Kier molecular flexibility index (Phi) is 7.03. The summed E-state index contributed by atoms with van der Waals surface area (Å²) in [5.41, 5.74) is 0. The van der Waals surface area contributed by atoms with Crippen molar-refractivity contribution in [2.75, 3.05) is 27.3 Å². The summed E-state index contributed by atoms with van der Waals surface area (Å²) < 4.78 is 5.09. The zero-order chi connectivity index (χ0) is 10.9. The molecule has 1 rings (SSSR count). The second-order valence-electron chi connectivity index (χ2n) is 4.85. The van der Waals surface area contributed by atoms with Gasteiger partial charge in [0.25, 0.3) is 0 Å². The van der Waals surface area contributed by atoms with Crippen LogP contribution in [0.25, 0.3) is 0 Å². The molecule has 2 nitrogen and oxygen atoms in total. The molecule has 2 unspecified atom stereocenters. The van der Waals surface area contributed by atoms with Crippen LogP contribution in [0.5, 0.6) is 0 Å². The van der Waals surface area contributed by atoms with Crippen LogP contribution in [0.15, 0.2) is 0 Å². The average Bonchev–Trinajstić information content (AvgIpc) is 2.27. The first-order valence-corrected chi connectivity index (χ1v) is 6.52. The Morgan fingerprint density at radius 1 is 1.13 bits per heavy atom. The van der Waals surface area contributed by atoms with E-state index in [-0.39, 0.29) is 0 Å². The first-order chi connectivity index (χ1) is 7.38. The summed E-state index contributed by atoms with van der Waals surface area (Å²) in [6, 6.07) is 0. The number of ether oxygens (including phenoxy) is 1. The smallest absolute Gasteiger partial charge is 0.0462 e. The van der Waals surface area contributed by atoms with Crippen LogP contribution >= 0.6 is 0 Å². The van der Waals surface area contributed by atoms with Gasteiger partial charge in [-0.1, -0.05) is 32.1 Å². The molecule has 0 aromatic heterocycles. The Labute approximate surface area is 94.8 Å². The third-order valence-corrected chi connectivity index (χ3v) is 3.71. The number of unbranched alkanes of at least 4 members (excludes halogenated alkanes) is 1. The van der Waals surface area contributed by atoms with Crippen molar-refractivity contribution in [3.8, 4) is 0 Å². The number of rotatable bonds is 7. The molecule has 2 atom stereocenters. The van der Waals surface area contributed by atoms with E-state index in [1.165, 1.54) is 51.5 Å². The zero-order valence-electron chi connectivity index (χ0n) is 10.4. The summed E-state index contributed by atoms with van der Waals surface area (Å²) in [7, 11) is 3.88. The lowest BCUT2D eigenvalue weighted by molar-refractivity contribution is 0.178. The van der Waals surface area contributed by atoms with Crippen LogP contribution in [0.3, 0.4) is 0 Å². The van der Waals surface area contributed by atoms with E-state index >= 15 is 0 Å². The minimum atomic E-state index is 0.934. The molecule has 1 aliphatic rings. The molecule has 0 amide bonds. The summed E-state index contributed by atoms with van der Waals surface area (Å²) in [4.78, 5) is 0. The van der Waals surface area contributed by atoms with Crippen LogP contribution in [0.1, 0.15) is 44.9 Å². The lowest BCUT2D eigenvalue weighted by Gasteiger charge is -2.31. The van der Waals surface area contributed by atoms with Gasteiger partial charge in [-0.3, -0.25) is 0 Å². The fraction of sp³-hybridized carbons (Fsp3) is 1.00. The van der Waals surface area contributed by atoms with E-state index in [0.29, 0.717) is 0 Å². The van der Waals surface area contributed by atoms with Gasteiger partial charge in [-0.15, -0.1) is 0 Å². The van der Waals surface area contributed by atoms with Gasteiger partial charge in [-0.05, 0) is 38.3 Å². The van der Waals surface area contributed by atoms with Gasteiger partial charge in [-0.2, -0.15) is 0 Å². The molecule has 1 aliphatic carbocycles. The Morgan fingerprint density at radius 2 is 1.87 bits per heavy atom. The van der Waals surface area contributed by atoms with Crippen LogP contribution in [-0.2, 0) is 4.74 Å². The molecule has 0 aromatic carbocycles. The number of hydrogen-bond donors (Lipinski definition) is 1. The molecule has 0 saturated heterocycles. The fourth-order valence-corrected chi connectivity index (χ4v) is 2.85. The number of methoxy groups -OCH3 is 1. The molecule has 1 saturated carbocycles. The van der Waals surface area contributed by atoms with Crippen molar-refractivity contribution in [3.63, 3.8) is 0 Å². The minimum Gasteiger partial charge on any atom is -0.385 e. The van der Waals surface area contributed by atoms with Crippen molar-refractivity contribution < 1.29 is 4.74 Å². The number of nitrogens with one attached hydrogen (secondary N) is 1. The molecule has 0 bridgehead atoms. The van der Waals surface area contributed by atoms with Gasteiger partial charge in [-0.25, -0.2) is 0 Å². The van der Waals surface area contributed by atoms with Crippen molar-refractivity contribution in [2.24, 2.45) is 11.8 Å². The van der Waals surface area contributed by atoms with E-state index in [4.69, 9.17) is 4.74 Å². The first-order valence-electron chi connectivity index (χ1n) is 6.52. The van der Waals surface area contributed by atoms with Crippen LogP contribution in [0.2, 0.25) is 0 Å². The molecule has 1 fully saturated rings. The van der Waals surface area contributed by atoms with E-state index in [1.807, 2.05) is 0 Å². The lowest BCUT2D eigenvalue weighted by Crippen LogP contribution is -2.28. The van der Waals surface area contributed by atoms with E-state index in [0.717, 1.165) is 18.4 Å². The second-order valence-corrected chi connectivity index (χ2v) is 4.85. The summed E-state index contributed by atoms with van der Waals surface area (Å²) in [5, 5.41) is 3.34. The van der Waals surface area contributed by atoms with Gasteiger partial charge in [0.2, 0.25) is 0 Å². The van der Waals surface area contributed by atoms with E-state index in [2.05, 4.69) is 12.4 Å². The summed E-state index contributed by atoms with van der Waals surface area (Å²) in [6.07, 6.45) is 9.79. The predicted molar refractivity (Wildman–Crippen MR) is 65.1 cm³/mol. The molecule has 2 heteroatoms. The molecule has 0 aliphatic heterocycles. The highest BCUT2D eigenvalue weighted by Gasteiger charge is 2.23.